The van der Waals surface area contributed by atoms with Gasteiger partial charge < -0.3 is 5.32 Å². The highest BCUT2D eigenvalue weighted by Crippen LogP contribution is 2.27. The lowest BCUT2D eigenvalue weighted by Gasteiger charge is -2.27. The molecule has 96 valence electrons. The number of hydrogen-bond acceptors (Lipinski definition) is 2. The van der Waals surface area contributed by atoms with Crippen molar-refractivity contribution < 1.29 is 0 Å². The van der Waals surface area contributed by atoms with Crippen LogP contribution in [-0.4, -0.2) is 11.5 Å². The first-order valence-corrected chi connectivity index (χ1v) is 6.80. The quantitative estimate of drug-likeness (QED) is 0.810. The summed E-state index contributed by atoms with van der Waals surface area (Å²) in [5.41, 5.74) is 3.63. The van der Waals surface area contributed by atoms with Gasteiger partial charge in [0.25, 0.3) is 0 Å². The van der Waals surface area contributed by atoms with Gasteiger partial charge in [0.05, 0.1) is 0 Å². The Balaban J connectivity index is 3.03. The average Bonchev–Trinajstić information content (AvgIpc) is 2.28. The summed E-state index contributed by atoms with van der Waals surface area (Å²) < 4.78 is 0. The fourth-order valence-electron chi connectivity index (χ4n) is 2.58. The van der Waals surface area contributed by atoms with E-state index in [9.17, 15) is 0 Å². The summed E-state index contributed by atoms with van der Waals surface area (Å²) in [6, 6.07) is 4.91. The number of nitrogens with zero attached hydrogens (tertiary/aromatic N) is 1. The molecule has 0 radical (unpaired) electrons. The molecule has 1 rings (SSSR count). The van der Waals surface area contributed by atoms with Crippen molar-refractivity contribution in [2.75, 3.05) is 6.54 Å². The van der Waals surface area contributed by atoms with E-state index in [1.165, 1.54) is 18.4 Å². The molecule has 0 fully saturated rings. The molecule has 2 nitrogen and oxygen atoms in total. The standard InChI is InChI=1S/C15H26N2/c1-6-13(7-2)15(16-8-3)14-9-11(4)17-12(5)10-14/h9-10,13,15-16H,6-8H2,1-5H3. The molecule has 0 spiro atoms. The van der Waals surface area contributed by atoms with Crippen LogP contribution in [0.1, 0.15) is 56.6 Å². The first-order valence-electron chi connectivity index (χ1n) is 6.80. The number of nitrogens with one attached hydrogen (secondary N) is 1. The molecule has 0 bridgehead atoms. The first kappa shape index (κ1) is 14.2. The Morgan fingerprint density at radius 3 is 2.00 bits per heavy atom. The smallest absolute Gasteiger partial charge is 0.0379 e. The number of rotatable bonds is 6. The summed E-state index contributed by atoms with van der Waals surface area (Å²) in [6.45, 7) is 11.9. The van der Waals surface area contributed by atoms with Crippen LogP contribution in [0.2, 0.25) is 0 Å². The zero-order valence-electron chi connectivity index (χ0n) is 11.9. The van der Waals surface area contributed by atoms with E-state index in [1.54, 1.807) is 0 Å². The average molecular weight is 234 g/mol. The second kappa shape index (κ2) is 6.75. The molecular formula is C15H26N2. The minimum atomic E-state index is 0.468. The monoisotopic (exact) mass is 234 g/mol. The maximum absolute atomic E-state index is 4.46. The number of aromatic nitrogens is 1. The first-order chi connectivity index (χ1) is 8.12. The van der Waals surface area contributed by atoms with Gasteiger partial charge in [0.1, 0.15) is 0 Å². The molecule has 0 saturated carbocycles. The summed E-state index contributed by atoms with van der Waals surface area (Å²) in [7, 11) is 0. The molecule has 0 aliphatic carbocycles. The topological polar surface area (TPSA) is 24.9 Å². The van der Waals surface area contributed by atoms with Crippen molar-refractivity contribution in [1.29, 1.82) is 0 Å². The fraction of sp³-hybridized carbons (Fsp3) is 0.667. The van der Waals surface area contributed by atoms with Crippen molar-refractivity contribution in [2.45, 2.75) is 53.5 Å². The van der Waals surface area contributed by atoms with Crippen molar-refractivity contribution in [3.8, 4) is 0 Å². The second-order valence-electron chi connectivity index (χ2n) is 4.80. The fourth-order valence-corrected chi connectivity index (χ4v) is 2.58. The van der Waals surface area contributed by atoms with Crippen LogP contribution in [0.4, 0.5) is 0 Å². The van der Waals surface area contributed by atoms with Gasteiger partial charge in [-0.3, -0.25) is 4.98 Å². The Kier molecular flexibility index (Phi) is 5.63. The Labute approximate surface area is 106 Å². The van der Waals surface area contributed by atoms with Crippen LogP contribution in [0, 0.1) is 19.8 Å². The van der Waals surface area contributed by atoms with E-state index in [1.807, 2.05) is 0 Å². The van der Waals surface area contributed by atoms with Crippen LogP contribution in [0.15, 0.2) is 12.1 Å². The van der Waals surface area contributed by atoms with Crippen LogP contribution in [-0.2, 0) is 0 Å². The van der Waals surface area contributed by atoms with E-state index < -0.39 is 0 Å². The van der Waals surface area contributed by atoms with Gasteiger partial charge in [-0.25, -0.2) is 0 Å². The van der Waals surface area contributed by atoms with Crippen LogP contribution in [0.3, 0.4) is 0 Å². The third-order valence-corrected chi connectivity index (χ3v) is 3.41. The summed E-state index contributed by atoms with van der Waals surface area (Å²) in [6.07, 6.45) is 2.43. The van der Waals surface area contributed by atoms with Crippen LogP contribution >= 0.6 is 0 Å². The summed E-state index contributed by atoms with van der Waals surface area (Å²) in [4.78, 5) is 4.46. The van der Waals surface area contributed by atoms with E-state index in [-0.39, 0.29) is 0 Å². The molecule has 1 aromatic rings. The molecule has 2 heteroatoms. The lowest BCUT2D eigenvalue weighted by atomic mass is 9.88. The maximum Gasteiger partial charge on any atom is 0.0379 e. The third kappa shape index (κ3) is 3.81. The molecule has 17 heavy (non-hydrogen) atoms. The Hall–Kier alpha value is -0.890. The van der Waals surface area contributed by atoms with Gasteiger partial charge in [-0.15, -0.1) is 0 Å². The predicted molar refractivity (Wildman–Crippen MR) is 74.2 cm³/mol. The molecule has 1 unspecified atom stereocenters. The number of hydrogen-bond donors (Lipinski definition) is 1. The van der Waals surface area contributed by atoms with Crippen molar-refractivity contribution in [1.82, 2.24) is 10.3 Å². The van der Waals surface area contributed by atoms with Gasteiger partial charge >= 0.3 is 0 Å². The summed E-state index contributed by atoms with van der Waals surface area (Å²) in [5.74, 6) is 0.705. The van der Waals surface area contributed by atoms with Gasteiger partial charge in [-0.05, 0) is 44.0 Å². The minimum Gasteiger partial charge on any atom is -0.310 e. The predicted octanol–water partition coefficient (Wildman–Crippen LogP) is 3.79. The molecule has 0 amide bonds. The highest BCUT2D eigenvalue weighted by Gasteiger charge is 2.19. The van der Waals surface area contributed by atoms with Gasteiger partial charge in [0.2, 0.25) is 0 Å². The van der Waals surface area contributed by atoms with Crippen molar-refractivity contribution in [3.05, 3.63) is 29.1 Å². The Bertz CT molecular complexity index is 323. The van der Waals surface area contributed by atoms with E-state index in [0.29, 0.717) is 12.0 Å². The number of pyridine rings is 1. The zero-order chi connectivity index (χ0) is 12.8. The van der Waals surface area contributed by atoms with Crippen molar-refractivity contribution in [3.63, 3.8) is 0 Å². The SMILES string of the molecule is CCNC(c1cc(C)nc(C)c1)C(CC)CC. The molecule has 0 aliphatic rings. The highest BCUT2D eigenvalue weighted by molar-refractivity contribution is 5.24. The molecule has 1 N–H and O–H groups in total. The zero-order valence-corrected chi connectivity index (χ0v) is 11.9. The minimum absolute atomic E-state index is 0.468. The normalized spacial score (nSPS) is 13.1. The lowest BCUT2D eigenvalue weighted by Crippen LogP contribution is -2.28. The van der Waals surface area contributed by atoms with E-state index in [4.69, 9.17) is 0 Å². The van der Waals surface area contributed by atoms with Gasteiger partial charge in [-0.1, -0.05) is 33.6 Å². The maximum atomic E-state index is 4.46. The van der Waals surface area contributed by atoms with E-state index >= 15 is 0 Å². The van der Waals surface area contributed by atoms with Crippen LogP contribution in [0.25, 0.3) is 0 Å². The van der Waals surface area contributed by atoms with E-state index in [0.717, 1.165) is 17.9 Å². The van der Waals surface area contributed by atoms with E-state index in [2.05, 4.69) is 57.1 Å². The molecule has 0 aliphatic heterocycles. The lowest BCUT2D eigenvalue weighted by molar-refractivity contribution is 0.346. The highest BCUT2D eigenvalue weighted by atomic mass is 14.9. The Morgan fingerprint density at radius 2 is 1.59 bits per heavy atom. The molecule has 1 aromatic heterocycles. The molecule has 0 aromatic carbocycles. The molecular weight excluding hydrogens is 208 g/mol. The van der Waals surface area contributed by atoms with Crippen LogP contribution < -0.4 is 5.32 Å². The molecule has 1 heterocycles. The third-order valence-electron chi connectivity index (χ3n) is 3.41. The summed E-state index contributed by atoms with van der Waals surface area (Å²) in [5, 5.41) is 3.63. The Morgan fingerprint density at radius 1 is 1.06 bits per heavy atom. The second-order valence-corrected chi connectivity index (χ2v) is 4.80. The molecule has 1 atom stereocenters. The summed E-state index contributed by atoms with van der Waals surface area (Å²) >= 11 is 0. The number of aryl methyl sites for hydroxylation is 2. The van der Waals surface area contributed by atoms with Crippen molar-refractivity contribution in [2.24, 2.45) is 5.92 Å². The van der Waals surface area contributed by atoms with Crippen molar-refractivity contribution >= 4 is 0 Å². The van der Waals surface area contributed by atoms with Crippen LogP contribution in [0.5, 0.6) is 0 Å². The van der Waals surface area contributed by atoms with Gasteiger partial charge in [-0.2, -0.15) is 0 Å². The molecule has 0 saturated heterocycles. The van der Waals surface area contributed by atoms with Gasteiger partial charge in [0.15, 0.2) is 0 Å². The van der Waals surface area contributed by atoms with Gasteiger partial charge in [0, 0.05) is 17.4 Å². The largest absolute Gasteiger partial charge is 0.310 e.